The first-order chi connectivity index (χ1) is 12.1. The third-order valence-corrected chi connectivity index (χ3v) is 5.55. The number of hydrogen-bond acceptors (Lipinski definition) is 2. The van der Waals surface area contributed by atoms with Gasteiger partial charge in [0.05, 0.1) is 19.3 Å². The van der Waals surface area contributed by atoms with E-state index in [1.165, 1.54) is 35.6 Å². The Morgan fingerprint density at radius 2 is 1.96 bits per heavy atom. The monoisotopic (exact) mass is 340 g/mol. The summed E-state index contributed by atoms with van der Waals surface area (Å²) in [6, 6.07) is 10.2. The normalized spacial score (nSPS) is 22.2. The first-order valence-electron chi connectivity index (χ1n) is 9.26. The van der Waals surface area contributed by atoms with Crippen LogP contribution >= 0.6 is 0 Å². The molecule has 0 bridgehead atoms. The Morgan fingerprint density at radius 1 is 1.12 bits per heavy atom. The van der Waals surface area contributed by atoms with Gasteiger partial charge in [0, 0.05) is 18.1 Å². The Kier molecular flexibility index (Phi) is 4.51. The van der Waals surface area contributed by atoms with Crippen LogP contribution in [-0.4, -0.2) is 13.2 Å². The van der Waals surface area contributed by atoms with Gasteiger partial charge in [-0.15, -0.1) is 0 Å². The van der Waals surface area contributed by atoms with Crippen molar-refractivity contribution in [3.63, 3.8) is 0 Å². The van der Waals surface area contributed by atoms with E-state index in [-0.39, 0.29) is 18.0 Å². The minimum absolute atomic E-state index is 0.148. The van der Waals surface area contributed by atoms with Crippen LogP contribution in [0.1, 0.15) is 60.1 Å². The molecule has 2 atom stereocenters. The third kappa shape index (κ3) is 3.30. The molecule has 1 heterocycles. The predicted molar refractivity (Wildman–Crippen MR) is 96.7 cm³/mol. The summed E-state index contributed by atoms with van der Waals surface area (Å²) in [5.74, 6) is 0.393. The zero-order valence-electron chi connectivity index (χ0n) is 15.0. The molecule has 2 unspecified atom stereocenters. The van der Waals surface area contributed by atoms with Crippen molar-refractivity contribution < 1.29 is 13.9 Å². The molecule has 0 radical (unpaired) electrons. The van der Waals surface area contributed by atoms with E-state index in [0.29, 0.717) is 11.3 Å². The van der Waals surface area contributed by atoms with Crippen molar-refractivity contribution >= 4 is 0 Å². The van der Waals surface area contributed by atoms with Crippen LogP contribution in [0.15, 0.2) is 30.3 Å². The molecule has 1 saturated heterocycles. The van der Waals surface area contributed by atoms with Crippen LogP contribution in [0.3, 0.4) is 0 Å². The molecular formula is C22H25FO2. The van der Waals surface area contributed by atoms with Gasteiger partial charge in [0.25, 0.3) is 0 Å². The highest BCUT2D eigenvalue weighted by atomic mass is 19.1. The molecule has 2 nitrogen and oxygen atoms in total. The van der Waals surface area contributed by atoms with Crippen LogP contribution in [0, 0.1) is 5.82 Å². The van der Waals surface area contributed by atoms with Gasteiger partial charge in [-0.25, -0.2) is 4.39 Å². The Morgan fingerprint density at radius 3 is 2.64 bits per heavy atom. The van der Waals surface area contributed by atoms with E-state index < -0.39 is 0 Å². The highest BCUT2D eigenvalue weighted by Gasteiger charge is 2.25. The number of rotatable bonds is 4. The Balaban J connectivity index is 1.65. The number of ether oxygens (including phenoxy) is 2. The lowest BCUT2D eigenvalue weighted by Crippen LogP contribution is -2.20. The van der Waals surface area contributed by atoms with E-state index in [1.807, 2.05) is 6.07 Å². The second kappa shape index (κ2) is 6.80. The molecule has 3 heteroatoms. The van der Waals surface area contributed by atoms with Crippen molar-refractivity contribution in [3.8, 4) is 5.75 Å². The number of benzene rings is 2. The van der Waals surface area contributed by atoms with Gasteiger partial charge in [-0.3, -0.25) is 0 Å². The SMILES string of the molecule is COc1cc(F)c(C2CCCC(C)O2)cc1Cc1ccc2c(c1)CC2. The average molecular weight is 340 g/mol. The van der Waals surface area contributed by atoms with Crippen LogP contribution in [0.25, 0.3) is 0 Å². The lowest BCUT2D eigenvalue weighted by atomic mass is 9.86. The van der Waals surface area contributed by atoms with Crippen molar-refractivity contribution in [1.29, 1.82) is 0 Å². The molecule has 1 fully saturated rings. The highest BCUT2D eigenvalue weighted by molar-refractivity contribution is 5.45. The van der Waals surface area contributed by atoms with Crippen LogP contribution < -0.4 is 4.74 Å². The highest BCUT2D eigenvalue weighted by Crippen LogP contribution is 2.36. The van der Waals surface area contributed by atoms with E-state index in [4.69, 9.17) is 9.47 Å². The van der Waals surface area contributed by atoms with Gasteiger partial charge in [0.15, 0.2) is 0 Å². The van der Waals surface area contributed by atoms with Gasteiger partial charge >= 0.3 is 0 Å². The standard InChI is InChI=1S/C22H25FO2/c1-14-4-3-5-21(25-14)19-12-18(22(24-2)13-20(19)23)11-15-6-7-16-8-9-17(16)10-15/h6-7,10,12-14,21H,3-5,8-9,11H2,1-2H3. The summed E-state index contributed by atoms with van der Waals surface area (Å²) in [5, 5.41) is 0. The molecule has 0 N–H and O–H groups in total. The maximum atomic E-state index is 14.6. The minimum atomic E-state index is -0.225. The molecule has 4 rings (SSSR count). The number of fused-ring (bicyclic) bond motifs is 1. The molecule has 1 aliphatic carbocycles. The van der Waals surface area contributed by atoms with Crippen LogP contribution in [-0.2, 0) is 24.0 Å². The largest absolute Gasteiger partial charge is 0.496 e. The maximum absolute atomic E-state index is 14.6. The number of hydrogen-bond donors (Lipinski definition) is 0. The zero-order chi connectivity index (χ0) is 17.4. The second-order valence-electron chi connectivity index (χ2n) is 7.33. The molecule has 0 aromatic heterocycles. The summed E-state index contributed by atoms with van der Waals surface area (Å²) in [5.41, 5.74) is 5.86. The van der Waals surface area contributed by atoms with Gasteiger partial charge in [-0.05, 0) is 67.3 Å². The van der Waals surface area contributed by atoms with Crippen molar-refractivity contribution in [2.24, 2.45) is 0 Å². The van der Waals surface area contributed by atoms with Gasteiger partial charge in [-0.2, -0.15) is 0 Å². The Bertz CT molecular complexity index is 784. The molecule has 1 aliphatic heterocycles. The molecular weight excluding hydrogens is 315 g/mol. The average Bonchev–Trinajstić information content (AvgIpc) is 2.58. The van der Waals surface area contributed by atoms with Gasteiger partial charge in [-0.1, -0.05) is 18.2 Å². The van der Waals surface area contributed by atoms with E-state index in [1.54, 1.807) is 7.11 Å². The fourth-order valence-corrected chi connectivity index (χ4v) is 4.01. The molecule has 2 aromatic rings. The summed E-state index contributed by atoms with van der Waals surface area (Å²) in [7, 11) is 1.61. The van der Waals surface area contributed by atoms with Crippen LogP contribution in [0.4, 0.5) is 4.39 Å². The van der Waals surface area contributed by atoms with Crippen molar-refractivity contribution in [2.75, 3.05) is 7.11 Å². The minimum Gasteiger partial charge on any atom is -0.496 e. The summed E-state index contributed by atoms with van der Waals surface area (Å²) < 4.78 is 26.1. The van der Waals surface area contributed by atoms with Crippen LogP contribution in [0.5, 0.6) is 5.75 Å². The topological polar surface area (TPSA) is 18.5 Å². The number of halogens is 1. The fraction of sp³-hybridized carbons (Fsp3) is 0.455. The zero-order valence-corrected chi connectivity index (χ0v) is 15.0. The quantitative estimate of drug-likeness (QED) is 0.766. The van der Waals surface area contributed by atoms with Crippen LogP contribution in [0.2, 0.25) is 0 Å². The second-order valence-corrected chi connectivity index (χ2v) is 7.33. The lowest BCUT2D eigenvalue weighted by Gasteiger charge is -2.29. The Hall–Kier alpha value is -1.87. The lowest BCUT2D eigenvalue weighted by molar-refractivity contribution is -0.0430. The first kappa shape index (κ1) is 16.6. The first-order valence-corrected chi connectivity index (χ1v) is 9.26. The maximum Gasteiger partial charge on any atom is 0.132 e. The summed E-state index contributed by atoms with van der Waals surface area (Å²) in [6.45, 7) is 2.07. The van der Waals surface area contributed by atoms with Crippen molar-refractivity contribution in [3.05, 3.63) is 64.0 Å². The van der Waals surface area contributed by atoms with Gasteiger partial charge in [0.1, 0.15) is 11.6 Å². The van der Waals surface area contributed by atoms with Gasteiger partial charge in [0.2, 0.25) is 0 Å². The van der Waals surface area contributed by atoms with E-state index in [2.05, 4.69) is 25.1 Å². The molecule has 2 aliphatic rings. The number of aryl methyl sites for hydroxylation is 2. The fourth-order valence-electron chi connectivity index (χ4n) is 4.01. The number of methoxy groups -OCH3 is 1. The smallest absolute Gasteiger partial charge is 0.132 e. The predicted octanol–water partition coefficient (Wildman–Crippen LogP) is 5.15. The van der Waals surface area contributed by atoms with E-state index >= 15 is 0 Å². The Labute approximate surface area is 149 Å². The van der Waals surface area contributed by atoms with E-state index in [0.717, 1.165) is 31.2 Å². The van der Waals surface area contributed by atoms with E-state index in [9.17, 15) is 4.39 Å². The molecule has 25 heavy (non-hydrogen) atoms. The summed E-state index contributed by atoms with van der Waals surface area (Å²) in [6.07, 6.45) is 6.17. The molecule has 0 spiro atoms. The summed E-state index contributed by atoms with van der Waals surface area (Å²) in [4.78, 5) is 0. The molecule has 0 saturated carbocycles. The summed E-state index contributed by atoms with van der Waals surface area (Å²) >= 11 is 0. The van der Waals surface area contributed by atoms with Crippen molar-refractivity contribution in [2.45, 2.75) is 57.7 Å². The van der Waals surface area contributed by atoms with Crippen molar-refractivity contribution in [1.82, 2.24) is 0 Å². The molecule has 2 aromatic carbocycles. The van der Waals surface area contributed by atoms with Gasteiger partial charge < -0.3 is 9.47 Å². The third-order valence-electron chi connectivity index (χ3n) is 5.55. The molecule has 0 amide bonds. The molecule has 132 valence electrons.